The van der Waals surface area contributed by atoms with Crippen molar-refractivity contribution < 1.29 is 23.5 Å². The van der Waals surface area contributed by atoms with Crippen LogP contribution < -0.4 is 20.1 Å². The Morgan fingerprint density at radius 2 is 0.965 bits per heavy atom. The number of rotatable bonds is 9. The van der Waals surface area contributed by atoms with Crippen LogP contribution in [0.25, 0.3) is 34.4 Å². The molecule has 2 amide bonds. The normalized spacial score (nSPS) is 14.6. The second kappa shape index (κ2) is 17.0. The number of hydrogen-bond donors (Lipinski definition) is 2. The molecule has 7 heteroatoms. The number of anilines is 2. The Bertz CT molecular complexity index is 2330. The van der Waals surface area contributed by atoms with Crippen LogP contribution in [-0.4, -0.2) is 26.0 Å². The van der Waals surface area contributed by atoms with Crippen LogP contribution in [0.5, 0.6) is 11.5 Å². The van der Waals surface area contributed by atoms with E-state index in [-0.39, 0.29) is 29.5 Å². The van der Waals surface area contributed by atoms with Gasteiger partial charge in [-0.1, -0.05) is 97.9 Å². The van der Waals surface area contributed by atoms with Gasteiger partial charge in [0.05, 0.1) is 14.2 Å². The van der Waals surface area contributed by atoms with E-state index in [4.69, 9.17) is 9.47 Å². The van der Waals surface area contributed by atoms with E-state index in [1.54, 1.807) is 20.3 Å². The lowest BCUT2D eigenvalue weighted by molar-refractivity contribution is -0.111. The minimum Gasteiger partial charge on any atom is -0.496 e. The number of amides is 2. The van der Waals surface area contributed by atoms with Crippen molar-refractivity contribution in [1.29, 1.82) is 0 Å². The van der Waals surface area contributed by atoms with Crippen molar-refractivity contribution in [2.45, 2.75) is 79.1 Å². The van der Waals surface area contributed by atoms with Gasteiger partial charge in [-0.15, -0.1) is 0 Å². The third-order valence-corrected chi connectivity index (χ3v) is 10.5. The number of halogens is 1. The molecule has 0 atom stereocenters. The highest BCUT2D eigenvalue weighted by Gasteiger charge is 2.27. The molecule has 5 aromatic carbocycles. The predicted octanol–water partition coefficient (Wildman–Crippen LogP) is 12.7. The smallest absolute Gasteiger partial charge is 0.256 e. The lowest BCUT2D eigenvalue weighted by Gasteiger charge is -2.19. The van der Waals surface area contributed by atoms with E-state index in [1.807, 2.05) is 48.6 Å². The van der Waals surface area contributed by atoms with Gasteiger partial charge in [0.1, 0.15) is 17.3 Å². The molecule has 2 aliphatic heterocycles. The molecular weight excluding hydrogens is 712 g/mol. The Morgan fingerprint density at radius 3 is 1.42 bits per heavy atom. The van der Waals surface area contributed by atoms with Crippen molar-refractivity contribution in [2.24, 2.45) is 0 Å². The number of methoxy groups -OCH3 is 2. The molecule has 0 unspecified atom stereocenters. The fraction of sp³-hybridized carbons (Fsp3) is 0.280. The van der Waals surface area contributed by atoms with Crippen molar-refractivity contribution >= 4 is 46.5 Å². The first kappa shape index (κ1) is 40.7. The zero-order valence-corrected chi connectivity index (χ0v) is 34.6. The maximum atomic E-state index is 13.7. The van der Waals surface area contributed by atoms with Gasteiger partial charge in [0.2, 0.25) is 0 Å². The largest absolute Gasteiger partial charge is 0.496 e. The van der Waals surface area contributed by atoms with Crippen LogP contribution in [0.3, 0.4) is 0 Å². The van der Waals surface area contributed by atoms with Crippen molar-refractivity contribution in [2.75, 3.05) is 24.9 Å². The third-order valence-electron chi connectivity index (χ3n) is 10.5. The SMILES string of the molecule is COc1c(C(C)C)cc(C=C2C(=O)Nc3cc(-c4ccccc4)ccc32)cc1C(C)C.COc1c(C(C)C)cc(C=C2C(=O)Nc3ccc(F)cc32)cc1C(C)C. The van der Waals surface area contributed by atoms with Crippen LogP contribution in [0.15, 0.2) is 91.0 Å². The van der Waals surface area contributed by atoms with Crippen molar-refractivity contribution in [3.8, 4) is 22.6 Å². The average Bonchev–Trinajstić information content (AvgIpc) is 3.67. The van der Waals surface area contributed by atoms with Crippen LogP contribution in [-0.2, 0) is 9.59 Å². The quantitative estimate of drug-likeness (QED) is 0.147. The molecule has 0 saturated carbocycles. The fourth-order valence-corrected chi connectivity index (χ4v) is 7.54. The van der Waals surface area contributed by atoms with Crippen LogP contribution in [0.1, 0.15) is 124 Å². The summed E-state index contributed by atoms with van der Waals surface area (Å²) in [5.41, 5.74) is 12.9. The molecule has 0 aromatic heterocycles. The summed E-state index contributed by atoms with van der Waals surface area (Å²) >= 11 is 0. The Kier molecular flexibility index (Phi) is 12.2. The van der Waals surface area contributed by atoms with Gasteiger partial charge in [-0.05, 0) is 129 Å². The molecule has 57 heavy (non-hydrogen) atoms. The lowest BCUT2D eigenvalue weighted by Crippen LogP contribution is -2.04. The number of fused-ring (bicyclic) bond motifs is 2. The summed E-state index contributed by atoms with van der Waals surface area (Å²) in [6, 6.07) is 29.1. The van der Waals surface area contributed by atoms with Gasteiger partial charge in [0, 0.05) is 33.6 Å². The molecule has 0 spiro atoms. The summed E-state index contributed by atoms with van der Waals surface area (Å²) in [5, 5.41) is 5.84. The molecule has 0 aliphatic carbocycles. The van der Waals surface area contributed by atoms with E-state index in [9.17, 15) is 14.0 Å². The number of carbonyl (C=O) groups is 2. The zero-order valence-electron chi connectivity index (χ0n) is 34.6. The minimum atomic E-state index is -0.355. The van der Waals surface area contributed by atoms with Gasteiger partial charge < -0.3 is 20.1 Å². The lowest BCUT2D eigenvalue weighted by atomic mass is 9.90. The predicted molar refractivity (Wildman–Crippen MR) is 234 cm³/mol. The van der Waals surface area contributed by atoms with Gasteiger partial charge in [0.25, 0.3) is 11.8 Å². The van der Waals surface area contributed by atoms with Crippen molar-refractivity contribution in [3.05, 3.63) is 141 Å². The molecule has 0 bridgehead atoms. The maximum Gasteiger partial charge on any atom is 0.256 e. The highest BCUT2D eigenvalue weighted by Crippen LogP contribution is 2.41. The topological polar surface area (TPSA) is 76.7 Å². The Balaban J connectivity index is 0.000000196. The average molecular weight is 765 g/mol. The van der Waals surface area contributed by atoms with Gasteiger partial charge >= 0.3 is 0 Å². The standard InChI is InChI=1S/C28H29NO2.C22H24FNO2/c1-17(2)23-13-19(14-24(18(3)4)27(23)31-5)15-25-22-12-11-21(16-26(22)29-28(25)30)20-9-7-6-8-10-20;1-12(2)16-8-14(9-17(13(3)4)21(16)26-5)10-19-18-11-15(23)6-7-20(18)24-22(19)25/h6-18H,1-5H3,(H,29,30);6-13H,1-5H3,(H,24,25). The second-order valence-corrected chi connectivity index (χ2v) is 15.9. The molecule has 0 saturated heterocycles. The fourth-order valence-electron chi connectivity index (χ4n) is 7.54. The highest BCUT2D eigenvalue weighted by molar-refractivity contribution is 6.35. The number of nitrogens with one attached hydrogen (secondary N) is 2. The summed E-state index contributed by atoms with van der Waals surface area (Å²) in [6.07, 6.45) is 3.83. The first-order valence-electron chi connectivity index (χ1n) is 19.7. The van der Waals surface area contributed by atoms with Gasteiger partial charge in [-0.3, -0.25) is 9.59 Å². The molecule has 2 N–H and O–H groups in total. The van der Waals surface area contributed by atoms with Crippen LogP contribution in [0.2, 0.25) is 0 Å². The summed E-state index contributed by atoms with van der Waals surface area (Å²) < 4.78 is 25.1. The summed E-state index contributed by atoms with van der Waals surface area (Å²) in [6.45, 7) is 17.1. The molecule has 7 rings (SSSR count). The molecular formula is C50H53FN2O4. The van der Waals surface area contributed by atoms with Crippen molar-refractivity contribution in [1.82, 2.24) is 0 Å². The first-order valence-corrected chi connectivity index (χ1v) is 19.7. The summed E-state index contributed by atoms with van der Waals surface area (Å²) in [7, 11) is 3.42. The second-order valence-electron chi connectivity index (χ2n) is 15.9. The van der Waals surface area contributed by atoms with E-state index in [2.05, 4.69) is 102 Å². The van der Waals surface area contributed by atoms with E-state index < -0.39 is 0 Å². The Morgan fingerprint density at radius 1 is 0.509 bits per heavy atom. The van der Waals surface area contributed by atoms with Gasteiger partial charge in [-0.25, -0.2) is 4.39 Å². The van der Waals surface area contributed by atoms with Crippen LogP contribution in [0, 0.1) is 5.82 Å². The van der Waals surface area contributed by atoms with Crippen LogP contribution in [0.4, 0.5) is 15.8 Å². The molecule has 6 nitrogen and oxygen atoms in total. The Hall–Kier alpha value is -5.95. The number of hydrogen-bond acceptors (Lipinski definition) is 4. The van der Waals surface area contributed by atoms with E-state index in [0.29, 0.717) is 34.2 Å². The van der Waals surface area contributed by atoms with E-state index in [0.717, 1.165) is 56.1 Å². The molecule has 2 aliphatic rings. The summed E-state index contributed by atoms with van der Waals surface area (Å²) in [4.78, 5) is 25.2. The van der Waals surface area contributed by atoms with E-state index >= 15 is 0 Å². The Labute approximate surface area is 336 Å². The third kappa shape index (κ3) is 8.58. The zero-order chi connectivity index (χ0) is 41.1. The maximum absolute atomic E-state index is 13.7. The van der Waals surface area contributed by atoms with E-state index in [1.165, 1.54) is 23.3 Å². The highest BCUT2D eigenvalue weighted by atomic mass is 19.1. The summed E-state index contributed by atoms with van der Waals surface area (Å²) in [5.74, 6) is 2.44. The number of carbonyl (C=O) groups excluding carboxylic acids is 2. The van der Waals surface area contributed by atoms with Gasteiger partial charge in [0.15, 0.2) is 0 Å². The van der Waals surface area contributed by atoms with Gasteiger partial charge in [-0.2, -0.15) is 0 Å². The molecule has 0 radical (unpaired) electrons. The molecule has 0 fully saturated rings. The number of ether oxygens (including phenoxy) is 2. The van der Waals surface area contributed by atoms with Crippen LogP contribution >= 0.6 is 0 Å². The minimum absolute atomic E-state index is 0.0618. The van der Waals surface area contributed by atoms with Crippen molar-refractivity contribution in [3.63, 3.8) is 0 Å². The molecule has 5 aromatic rings. The molecule has 2 heterocycles. The molecule has 294 valence electrons. The number of benzene rings is 5. The monoisotopic (exact) mass is 764 g/mol. The first-order chi connectivity index (χ1) is 27.2.